The SMILES string of the molecule is CC1=C(C(=O)Nc2cc(C)ccc2C)C(c2ccc(O)cc2)C(C(=O)Nc2cc(C)ccc2C)=C(C)N1. The van der Waals surface area contributed by atoms with Crippen LogP contribution in [0.3, 0.4) is 0 Å². The molecule has 0 atom stereocenters. The van der Waals surface area contributed by atoms with Crippen LogP contribution in [0.5, 0.6) is 5.75 Å². The molecule has 6 heteroatoms. The van der Waals surface area contributed by atoms with Gasteiger partial charge in [-0.3, -0.25) is 9.59 Å². The van der Waals surface area contributed by atoms with E-state index in [2.05, 4.69) is 16.0 Å². The first kappa shape index (κ1) is 25.8. The number of phenolic OH excluding ortho intramolecular Hbond substituents is 1. The number of amides is 2. The number of aromatic hydroxyl groups is 1. The molecule has 0 aromatic heterocycles. The van der Waals surface area contributed by atoms with Gasteiger partial charge in [0.2, 0.25) is 0 Å². The zero-order valence-electron chi connectivity index (χ0n) is 22.1. The van der Waals surface area contributed by atoms with Crippen LogP contribution in [-0.2, 0) is 9.59 Å². The number of phenols is 1. The number of dihydropyridines is 1. The van der Waals surface area contributed by atoms with E-state index in [9.17, 15) is 14.7 Å². The smallest absolute Gasteiger partial charge is 0.254 e. The van der Waals surface area contributed by atoms with Crippen LogP contribution in [0.1, 0.15) is 47.6 Å². The fourth-order valence-electron chi connectivity index (χ4n) is 4.72. The second-order valence-corrected chi connectivity index (χ2v) is 9.77. The highest BCUT2D eigenvalue weighted by Gasteiger charge is 2.36. The van der Waals surface area contributed by atoms with Gasteiger partial charge in [0.05, 0.1) is 0 Å². The van der Waals surface area contributed by atoms with E-state index in [1.54, 1.807) is 24.3 Å². The topological polar surface area (TPSA) is 90.5 Å². The fourth-order valence-corrected chi connectivity index (χ4v) is 4.72. The Morgan fingerprint density at radius 1 is 0.676 bits per heavy atom. The van der Waals surface area contributed by atoms with Gasteiger partial charge in [0.1, 0.15) is 5.75 Å². The number of nitrogens with one attached hydrogen (secondary N) is 3. The first-order chi connectivity index (χ1) is 17.5. The lowest BCUT2D eigenvalue weighted by atomic mass is 9.79. The molecule has 1 aliphatic rings. The molecular formula is C31H33N3O3. The second kappa shape index (κ2) is 10.3. The third-order valence-electron chi connectivity index (χ3n) is 6.76. The third kappa shape index (κ3) is 5.43. The molecule has 0 fully saturated rings. The maximum absolute atomic E-state index is 13.8. The summed E-state index contributed by atoms with van der Waals surface area (Å²) in [6.07, 6.45) is 0. The normalized spacial score (nSPS) is 13.9. The highest BCUT2D eigenvalue weighted by molar-refractivity contribution is 6.12. The van der Waals surface area contributed by atoms with Crippen LogP contribution in [0.2, 0.25) is 0 Å². The summed E-state index contributed by atoms with van der Waals surface area (Å²) in [6, 6.07) is 18.5. The van der Waals surface area contributed by atoms with E-state index in [-0.39, 0.29) is 17.6 Å². The molecule has 3 aromatic rings. The zero-order valence-corrected chi connectivity index (χ0v) is 22.1. The van der Waals surface area contributed by atoms with E-state index in [0.29, 0.717) is 22.5 Å². The molecule has 0 saturated heterocycles. The summed E-state index contributed by atoms with van der Waals surface area (Å²) in [6.45, 7) is 11.5. The van der Waals surface area contributed by atoms with Gasteiger partial charge in [-0.15, -0.1) is 0 Å². The molecule has 0 unspecified atom stereocenters. The minimum atomic E-state index is -0.642. The van der Waals surface area contributed by atoms with Gasteiger partial charge in [-0.05, 0) is 93.6 Å². The fraction of sp³-hybridized carbons (Fsp3) is 0.226. The molecule has 190 valence electrons. The zero-order chi connectivity index (χ0) is 26.9. The van der Waals surface area contributed by atoms with Crippen molar-refractivity contribution in [2.24, 2.45) is 0 Å². The van der Waals surface area contributed by atoms with Gasteiger partial charge < -0.3 is 21.1 Å². The number of carbonyl (C=O) groups excluding carboxylic acids is 2. The van der Waals surface area contributed by atoms with Crippen molar-refractivity contribution in [2.45, 2.75) is 47.5 Å². The highest BCUT2D eigenvalue weighted by Crippen LogP contribution is 2.40. The number of carbonyl (C=O) groups is 2. The predicted molar refractivity (Wildman–Crippen MR) is 148 cm³/mol. The van der Waals surface area contributed by atoms with Crippen LogP contribution in [0.15, 0.2) is 83.2 Å². The summed E-state index contributed by atoms with van der Waals surface area (Å²) in [4.78, 5) is 27.6. The number of benzene rings is 3. The maximum Gasteiger partial charge on any atom is 0.254 e. The van der Waals surface area contributed by atoms with Crippen LogP contribution < -0.4 is 16.0 Å². The Balaban J connectivity index is 1.78. The molecule has 3 aromatic carbocycles. The van der Waals surface area contributed by atoms with Gasteiger partial charge in [-0.25, -0.2) is 0 Å². The van der Waals surface area contributed by atoms with Gasteiger partial charge in [0.15, 0.2) is 0 Å². The van der Waals surface area contributed by atoms with Crippen molar-refractivity contribution in [1.29, 1.82) is 0 Å². The molecule has 0 saturated carbocycles. The van der Waals surface area contributed by atoms with Crippen molar-refractivity contribution < 1.29 is 14.7 Å². The van der Waals surface area contributed by atoms with Crippen molar-refractivity contribution in [3.63, 3.8) is 0 Å². The number of hydrogen-bond acceptors (Lipinski definition) is 4. The summed E-state index contributed by atoms with van der Waals surface area (Å²) < 4.78 is 0. The molecule has 37 heavy (non-hydrogen) atoms. The Labute approximate surface area is 218 Å². The highest BCUT2D eigenvalue weighted by atomic mass is 16.3. The summed E-state index contributed by atoms with van der Waals surface area (Å²) in [5.41, 5.74) is 8.37. The van der Waals surface area contributed by atoms with E-state index in [4.69, 9.17) is 0 Å². The van der Waals surface area contributed by atoms with Gasteiger partial charge in [-0.1, -0.05) is 36.4 Å². The Hall–Kier alpha value is -4.32. The van der Waals surface area contributed by atoms with E-state index in [1.807, 2.05) is 77.9 Å². The van der Waals surface area contributed by atoms with Gasteiger partial charge in [0.25, 0.3) is 11.8 Å². The minimum Gasteiger partial charge on any atom is -0.508 e. The van der Waals surface area contributed by atoms with E-state index >= 15 is 0 Å². The first-order valence-corrected chi connectivity index (χ1v) is 12.3. The Bertz CT molecular complexity index is 1360. The van der Waals surface area contributed by atoms with E-state index in [0.717, 1.165) is 39.2 Å². The molecule has 4 rings (SSSR count). The van der Waals surface area contributed by atoms with Gasteiger partial charge >= 0.3 is 0 Å². The number of hydrogen-bond donors (Lipinski definition) is 4. The van der Waals surface area contributed by atoms with E-state index in [1.165, 1.54) is 0 Å². The van der Waals surface area contributed by atoms with Crippen molar-refractivity contribution >= 4 is 23.2 Å². The van der Waals surface area contributed by atoms with Crippen molar-refractivity contribution in [3.8, 4) is 5.75 Å². The average molecular weight is 496 g/mol. The van der Waals surface area contributed by atoms with Crippen LogP contribution in [-0.4, -0.2) is 16.9 Å². The lowest BCUT2D eigenvalue weighted by Gasteiger charge is -2.31. The van der Waals surface area contributed by atoms with Crippen LogP contribution in [0.25, 0.3) is 0 Å². The lowest BCUT2D eigenvalue weighted by molar-refractivity contribution is -0.113. The summed E-state index contributed by atoms with van der Waals surface area (Å²) >= 11 is 0. The number of anilines is 2. The lowest BCUT2D eigenvalue weighted by Crippen LogP contribution is -2.35. The number of aryl methyl sites for hydroxylation is 4. The summed E-state index contributed by atoms with van der Waals surface area (Å²) in [5, 5.41) is 19.3. The molecule has 0 radical (unpaired) electrons. The molecule has 2 amide bonds. The monoisotopic (exact) mass is 495 g/mol. The van der Waals surface area contributed by atoms with E-state index < -0.39 is 5.92 Å². The molecular weight excluding hydrogens is 462 g/mol. The first-order valence-electron chi connectivity index (χ1n) is 12.3. The molecule has 0 aliphatic carbocycles. The maximum atomic E-state index is 13.8. The van der Waals surface area contributed by atoms with Crippen molar-refractivity contribution in [3.05, 3.63) is 111 Å². The quantitative estimate of drug-likeness (QED) is 0.342. The molecule has 4 N–H and O–H groups in total. The molecule has 1 aliphatic heterocycles. The standard InChI is InChI=1S/C31H33N3O3/c1-17-7-9-19(3)25(15-17)33-30(36)27-21(5)32-22(6)28(29(27)23-11-13-24(35)14-12-23)31(37)34-26-16-18(2)8-10-20(26)4/h7-16,29,32,35H,1-6H3,(H,33,36)(H,34,37). The Morgan fingerprint density at radius 3 is 1.54 bits per heavy atom. The summed E-state index contributed by atoms with van der Waals surface area (Å²) in [7, 11) is 0. The largest absolute Gasteiger partial charge is 0.508 e. The Kier molecular flexibility index (Phi) is 7.21. The van der Waals surface area contributed by atoms with Crippen LogP contribution in [0, 0.1) is 27.7 Å². The minimum absolute atomic E-state index is 0.113. The Morgan fingerprint density at radius 2 is 1.11 bits per heavy atom. The molecule has 6 nitrogen and oxygen atoms in total. The molecule has 0 bridgehead atoms. The van der Waals surface area contributed by atoms with Crippen LogP contribution in [0.4, 0.5) is 11.4 Å². The number of allylic oxidation sites excluding steroid dienone is 2. The van der Waals surface area contributed by atoms with Crippen molar-refractivity contribution in [1.82, 2.24) is 5.32 Å². The van der Waals surface area contributed by atoms with Gasteiger partial charge in [-0.2, -0.15) is 0 Å². The van der Waals surface area contributed by atoms with Crippen molar-refractivity contribution in [2.75, 3.05) is 10.6 Å². The molecule has 1 heterocycles. The predicted octanol–water partition coefficient (Wildman–Crippen LogP) is 6.14. The van der Waals surface area contributed by atoms with Gasteiger partial charge in [0, 0.05) is 39.8 Å². The van der Waals surface area contributed by atoms with Crippen LogP contribution >= 0.6 is 0 Å². The average Bonchev–Trinajstić information content (AvgIpc) is 2.83. The summed E-state index contributed by atoms with van der Waals surface area (Å²) in [5.74, 6) is -1.11. The second-order valence-electron chi connectivity index (χ2n) is 9.77. The third-order valence-corrected chi connectivity index (χ3v) is 6.76. The number of rotatable bonds is 5. The molecule has 0 spiro atoms.